The van der Waals surface area contributed by atoms with E-state index in [9.17, 15) is 8.78 Å². The van der Waals surface area contributed by atoms with Crippen LogP contribution >= 0.6 is 0 Å². The van der Waals surface area contributed by atoms with Gasteiger partial charge < -0.3 is 10.6 Å². The van der Waals surface area contributed by atoms with E-state index >= 15 is 0 Å². The SMILES string of the molecule is CCN(c1ccccc1)C(CN)c1c(F)cccc1F. The van der Waals surface area contributed by atoms with Gasteiger partial charge in [0.2, 0.25) is 0 Å². The maximum Gasteiger partial charge on any atom is 0.131 e. The number of hydrogen-bond acceptors (Lipinski definition) is 2. The van der Waals surface area contributed by atoms with Crippen LogP contribution in [0.4, 0.5) is 14.5 Å². The number of nitrogens with two attached hydrogens (primary N) is 1. The summed E-state index contributed by atoms with van der Waals surface area (Å²) in [5.74, 6) is -1.12. The van der Waals surface area contributed by atoms with E-state index in [0.717, 1.165) is 5.69 Å². The van der Waals surface area contributed by atoms with Crippen molar-refractivity contribution in [3.63, 3.8) is 0 Å². The highest BCUT2D eigenvalue weighted by Crippen LogP contribution is 2.29. The third-order valence-electron chi connectivity index (χ3n) is 3.36. The molecular weight excluding hydrogens is 258 g/mol. The number of likely N-dealkylation sites (N-methyl/N-ethyl adjacent to an activating group) is 1. The van der Waals surface area contributed by atoms with Gasteiger partial charge in [0.05, 0.1) is 6.04 Å². The molecule has 0 radical (unpaired) electrons. The van der Waals surface area contributed by atoms with E-state index in [-0.39, 0.29) is 12.1 Å². The molecule has 2 rings (SSSR count). The van der Waals surface area contributed by atoms with Crippen molar-refractivity contribution in [3.8, 4) is 0 Å². The van der Waals surface area contributed by atoms with Gasteiger partial charge in [0, 0.05) is 24.3 Å². The van der Waals surface area contributed by atoms with Crippen LogP contribution in [0.25, 0.3) is 0 Å². The molecule has 2 nitrogen and oxygen atoms in total. The molecule has 20 heavy (non-hydrogen) atoms. The van der Waals surface area contributed by atoms with E-state index in [1.807, 2.05) is 42.2 Å². The molecule has 4 heteroatoms. The average Bonchev–Trinajstić information content (AvgIpc) is 2.47. The molecule has 2 aromatic carbocycles. The second kappa shape index (κ2) is 6.48. The molecule has 1 atom stereocenters. The van der Waals surface area contributed by atoms with Crippen molar-refractivity contribution < 1.29 is 8.78 Å². The van der Waals surface area contributed by atoms with Crippen LogP contribution in [0.2, 0.25) is 0 Å². The molecule has 0 spiro atoms. The van der Waals surface area contributed by atoms with Crippen molar-refractivity contribution in [2.24, 2.45) is 5.73 Å². The van der Waals surface area contributed by atoms with E-state index in [0.29, 0.717) is 6.54 Å². The van der Waals surface area contributed by atoms with E-state index in [1.165, 1.54) is 18.2 Å². The zero-order valence-electron chi connectivity index (χ0n) is 11.4. The third kappa shape index (κ3) is 2.80. The number of anilines is 1. The van der Waals surface area contributed by atoms with Gasteiger partial charge in [0.15, 0.2) is 0 Å². The molecule has 0 heterocycles. The smallest absolute Gasteiger partial charge is 0.131 e. The minimum atomic E-state index is -0.560. The summed E-state index contributed by atoms with van der Waals surface area (Å²) >= 11 is 0. The maximum absolute atomic E-state index is 14.0. The van der Waals surface area contributed by atoms with Crippen LogP contribution in [0.3, 0.4) is 0 Å². The lowest BCUT2D eigenvalue weighted by Gasteiger charge is -2.32. The lowest BCUT2D eigenvalue weighted by molar-refractivity contribution is 0.512. The van der Waals surface area contributed by atoms with Crippen LogP contribution in [0.1, 0.15) is 18.5 Å². The normalized spacial score (nSPS) is 12.2. The molecule has 0 aliphatic heterocycles. The lowest BCUT2D eigenvalue weighted by Crippen LogP contribution is -2.35. The number of para-hydroxylation sites is 1. The van der Waals surface area contributed by atoms with Crippen LogP contribution < -0.4 is 10.6 Å². The summed E-state index contributed by atoms with van der Waals surface area (Å²) in [6.45, 7) is 2.69. The molecule has 0 amide bonds. The number of rotatable bonds is 5. The molecule has 0 aliphatic rings. The summed E-state index contributed by atoms with van der Waals surface area (Å²) < 4.78 is 28.0. The van der Waals surface area contributed by atoms with Gasteiger partial charge in [0.25, 0.3) is 0 Å². The van der Waals surface area contributed by atoms with Crippen LogP contribution in [0, 0.1) is 11.6 Å². The number of halogens is 2. The Labute approximate surface area is 117 Å². The summed E-state index contributed by atoms with van der Waals surface area (Å²) in [4.78, 5) is 1.90. The second-order valence-electron chi connectivity index (χ2n) is 4.51. The monoisotopic (exact) mass is 276 g/mol. The van der Waals surface area contributed by atoms with Crippen LogP contribution in [0.15, 0.2) is 48.5 Å². The topological polar surface area (TPSA) is 29.3 Å². The first-order valence-corrected chi connectivity index (χ1v) is 6.64. The Bertz CT molecular complexity index is 537. The average molecular weight is 276 g/mol. The number of nitrogens with zero attached hydrogens (tertiary/aromatic N) is 1. The molecule has 0 aromatic heterocycles. The highest BCUT2D eigenvalue weighted by Gasteiger charge is 2.24. The summed E-state index contributed by atoms with van der Waals surface area (Å²) in [5.41, 5.74) is 6.71. The van der Waals surface area contributed by atoms with Gasteiger partial charge in [-0.2, -0.15) is 0 Å². The Morgan fingerprint density at radius 1 is 1.00 bits per heavy atom. The molecule has 1 unspecified atom stereocenters. The molecule has 0 aliphatic carbocycles. The highest BCUT2D eigenvalue weighted by molar-refractivity contribution is 5.49. The van der Waals surface area contributed by atoms with Crippen LogP contribution in [-0.4, -0.2) is 13.1 Å². The molecule has 0 bridgehead atoms. The number of benzene rings is 2. The Morgan fingerprint density at radius 2 is 1.60 bits per heavy atom. The Kier molecular flexibility index (Phi) is 4.69. The third-order valence-corrected chi connectivity index (χ3v) is 3.36. The first-order valence-electron chi connectivity index (χ1n) is 6.64. The van der Waals surface area contributed by atoms with Gasteiger partial charge >= 0.3 is 0 Å². The molecule has 0 fully saturated rings. The van der Waals surface area contributed by atoms with Crippen LogP contribution in [-0.2, 0) is 0 Å². The largest absolute Gasteiger partial charge is 0.363 e. The Balaban J connectivity index is 2.45. The maximum atomic E-state index is 14.0. The fourth-order valence-corrected chi connectivity index (χ4v) is 2.43. The van der Waals surface area contributed by atoms with Gasteiger partial charge in [-0.05, 0) is 31.2 Å². The molecule has 0 saturated carbocycles. The van der Waals surface area contributed by atoms with Crippen molar-refractivity contribution >= 4 is 5.69 Å². The van der Waals surface area contributed by atoms with E-state index < -0.39 is 17.7 Å². The number of hydrogen-bond donors (Lipinski definition) is 1. The van der Waals surface area contributed by atoms with Gasteiger partial charge in [-0.25, -0.2) is 8.78 Å². The summed E-state index contributed by atoms with van der Waals surface area (Å²) in [6.07, 6.45) is 0. The molecule has 106 valence electrons. The van der Waals surface area contributed by atoms with Gasteiger partial charge in [0.1, 0.15) is 11.6 Å². The van der Waals surface area contributed by atoms with Gasteiger partial charge in [-0.15, -0.1) is 0 Å². The van der Waals surface area contributed by atoms with E-state index in [2.05, 4.69) is 0 Å². The van der Waals surface area contributed by atoms with E-state index in [1.54, 1.807) is 0 Å². The predicted octanol–water partition coefficient (Wildman–Crippen LogP) is 3.49. The van der Waals surface area contributed by atoms with Crippen LogP contribution in [0.5, 0.6) is 0 Å². The minimum Gasteiger partial charge on any atom is -0.363 e. The van der Waals surface area contributed by atoms with Crippen molar-refractivity contribution in [1.29, 1.82) is 0 Å². The molecule has 2 aromatic rings. The standard InChI is InChI=1S/C16H18F2N2/c1-2-20(12-7-4-3-5-8-12)15(11-19)16-13(17)9-6-10-14(16)18/h3-10,15H,2,11,19H2,1H3. The Hall–Kier alpha value is -1.94. The van der Waals surface area contributed by atoms with Crippen molar-refractivity contribution in [1.82, 2.24) is 0 Å². The summed E-state index contributed by atoms with van der Waals surface area (Å²) in [6, 6.07) is 12.9. The van der Waals surface area contributed by atoms with Crippen molar-refractivity contribution in [2.75, 3.05) is 18.0 Å². The fourth-order valence-electron chi connectivity index (χ4n) is 2.43. The summed E-state index contributed by atoms with van der Waals surface area (Å²) in [5, 5.41) is 0. The minimum absolute atomic E-state index is 0.0284. The fraction of sp³-hybridized carbons (Fsp3) is 0.250. The molecule has 2 N–H and O–H groups in total. The quantitative estimate of drug-likeness (QED) is 0.905. The second-order valence-corrected chi connectivity index (χ2v) is 4.51. The lowest BCUT2D eigenvalue weighted by atomic mass is 10.0. The predicted molar refractivity (Wildman–Crippen MR) is 77.6 cm³/mol. The zero-order valence-corrected chi connectivity index (χ0v) is 11.4. The Morgan fingerprint density at radius 3 is 2.10 bits per heavy atom. The van der Waals surface area contributed by atoms with Crippen molar-refractivity contribution in [2.45, 2.75) is 13.0 Å². The first-order chi connectivity index (χ1) is 9.69. The van der Waals surface area contributed by atoms with Gasteiger partial charge in [-0.1, -0.05) is 24.3 Å². The zero-order chi connectivity index (χ0) is 14.5. The molecular formula is C16H18F2N2. The van der Waals surface area contributed by atoms with Crippen molar-refractivity contribution in [3.05, 3.63) is 65.7 Å². The molecule has 0 saturated heterocycles. The van der Waals surface area contributed by atoms with Gasteiger partial charge in [-0.3, -0.25) is 0 Å². The summed E-state index contributed by atoms with van der Waals surface area (Å²) in [7, 11) is 0. The van der Waals surface area contributed by atoms with E-state index in [4.69, 9.17) is 5.73 Å². The first kappa shape index (κ1) is 14.5. The highest BCUT2D eigenvalue weighted by atomic mass is 19.1.